The molecule has 0 saturated heterocycles. The first-order chi connectivity index (χ1) is 6.45. The van der Waals surface area contributed by atoms with Crippen LogP contribution in [0.15, 0.2) is 0 Å². The Morgan fingerprint density at radius 1 is 1.36 bits per heavy atom. The highest BCUT2D eigenvalue weighted by Crippen LogP contribution is 2.24. The van der Waals surface area contributed by atoms with Gasteiger partial charge in [0.2, 0.25) is 0 Å². The number of nitrogens with two attached hydrogens (primary N) is 1. The molecule has 0 aromatic carbocycles. The van der Waals surface area contributed by atoms with E-state index in [0.717, 1.165) is 12.8 Å². The predicted molar refractivity (Wildman–Crippen MR) is 55.0 cm³/mol. The molecule has 0 amide bonds. The fourth-order valence-corrected chi connectivity index (χ4v) is 1.76. The van der Waals surface area contributed by atoms with Gasteiger partial charge in [0.1, 0.15) is 6.04 Å². The van der Waals surface area contributed by atoms with Gasteiger partial charge in [-0.2, -0.15) is 0 Å². The number of hydrogen-bond acceptors (Lipinski definition) is 3. The zero-order valence-corrected chi connectivity index (χ0v) is 8.99. The Kier molecular flexibility index (Phi) is 5.72. The van der Waals surface area contributed by atoms with Crippen LogP contribution in [0.4, 0.5) is 0 Å². The predicted octanol–water partition coefficient (Wildman–Crippen LogP) is 1.12. The number of aliphatic carboxylic acids is 1. The Hall–Kier alpha value is -0.610. The first-order valence-electron chi connectivity index (χ1n) is 5.16. The molecule has 14 heavy (non-hydrogen) atoms. The molecule has 0 aliphatic rings. The molecule has 0 bridgehead atoms. The minimum Gasteiger partial charge on any atom is -0.480 e. The summed E-state index contributed by atoms with van der Waals surface area (Å²) in [5.74, 6) is -1.05. The van der Waals surface area contributed by atoms with E-state index < -0.39 is 17.6 Å². The van der Waals surface area contributed by atoms with Gasteiger partial charge in [0, 0.05) is 6.42 Å². The maximum absolute atomic E-state index is 10.5. The fraction of sp³-hybridized carbons (Fsp3) is 0.900. The van der Waals surface area contributed by atoms with Gasteiger partial charge in [-0.3, -0.25) is 4.79 Å². The first kappa shape index (κ1) is 13.4. The van der Waals surface area contributed by atoms with Crippen molar-refractivity contribution in [3.05, 3.63) is 0 Å². The van der Waals surface area contributed by atoms with Crippen molar-refractivity contribution in [1.29, 1.82) is 0 Å². The largest absolute Gasteiger partial charge is 0.480 e. The van der Waals surface area contributed by atoms with Crippen LogP contribution in [0.25, 0.3) is 0 Å². The van der Waals surface area contributed by atoms with Gasteiger partial charge in [-0.05, 0) is 12.8 Å². The lowest BCUT2D eigenvalue weighted by Crippen LogP contribution is -2.41. The van der Waals surface area contributed by atoms with Gasteiger partial charge >= 0.3 is 5.97 Å². The summed E-state index contributed by atoms with van der Waals surface area (Å²) in [6, 6.07) is -0.960. The summed E-state index contributed by atoms with van der Waals surface area (Å²) in [6.07, 6.45) is 3.04. The van der Waals surface area contributed by atoms with E-state index in [4.69, 9.17) is 10.8 Å². The lowest BCUT2D eigenvalue weighted by atomic mass is 9.86. The molecular formula is C10H21NO3. The van der Waals surface area contributed by atoms with E-state index in [9.17, 15) is 9.90 Å². The molecule has 0 radical (unpaired) electrons. The summed E-state index contributed by atoms with van der Waals surface area (Å²) in [6.45, 7) is 3.93. The molecule has 1 unspecified atom stereocenters. The van der Waals surface area contributed by atoms with Gasteiger partial charge in [-0.1, -0.05) is 26.7 Å². The second-order valence-electron chi connectivity index (χ2n) is 3.87. The van der Waals surface area contributed by atoms with Crippen LogP contribution in [-0.2, 0) is 4.79 Å². The minimum atomic E-state index is -1.05. The molecule has 4 heteroatoms. The normalized spacial score (nSPS) is 14.0. The molecule has 84 valence electrons. The van der Waals surface area contributed by atoms with Crippen molar-refractivity contribution in [3.8, 4) is 0 Å². The molecule has 0 aliphatic heterocycles. The second-order valence-corrected chi connectivity index (χ2v) is 3.87. The monoisotopic (exact) mass is 203 g/mol. The number of carbonyl (C=O) groups is 1. The van der Waals surface area contributed by atoms with E-state index in [1.54, 1.807) is 0 Å². The number of carboxylic acids is 1. The zero-order valence-electron chi connectivity index (χ0n) is 8.99. The van der Waals surface area contributed by atoms with Crippen LogP contribution in [0.5, 0.6) is 0 Å². The zero-order chi connectivity index (χ0) is 11.2. The molecule has 4 nitrogen and oxygen atoms in total. The van der Waals surface area contributed by atoms with Gasteiger partial charge in [-0.15, -0.1) is 0 Å². The highest BCUT2D eigenvalue weighted by atomic mass is 16.4. The van der Waals surface area contributed by atoms with Gasteiger partial charge < -0.3 is 15.9 Å². The first-order valence-corrected chi connectivity index (χ1v) is 5.16. The fourth-order valence-electron chi connectivity index (χ4n) is 1.76. The average Bonchev–Trinajstić information content (AvgIpc) is 2.04. The topological polar surface area (TPSA) is 83.5 Å². The third-order valence-electron chi connectivity index (χ3n) is 2.35. The molecule has 0 rings (SSSR count). The van der Waals surface area contributed by atoms with Gasteiger partial charge in [0.05, 0.1) is 5.60 Å². The molecule has 0 saturated carbocycles. The Balaban J connectivity index is 4.27. The van der Waals surface area contributed by atoms with Crippen LogP contribution in [0, 0.1) is 0 Å². The molecule has 0 fully saturated rings. The number of hydrogen-bond donors (Lipinski definition) is 3. The van der Waals surface area contributed by atoms with Crippen LogP contribution in [-0.4, -0.2) is 27.8 Å². The maximum atomic E-state index is 10.5. The lowest BCUT2D eigenvalue weighted by Gasteiger charge is -2.29. The quantitative estimate of drug-likeness (QED) is 0.579. The third-order valence-corrected chi connectivity index (χ3v) is 2.35. The number of rotatable bonds is 7. The summed E-state index contributed by atoms with van der Waals surface area (Å²) >= 11 is 0. The van der Waals surface area contributed by atoms with Crippen molar-refractivity contribution in [2.75, 3.05) is 0 Å². The summed E-state index contributed by atoms with van der Waals surface area (Å²) in [4.78, 5) is 10.5. The molecule has 0 aromatic heterocycles. The minimum absolute atomic E-state index is 0.143. The summed E-state index contributed by atoms with van der Waals surface area (Å²) in [5.41, 5.74) is 4.50. The average molecular weight is 203 g/mol. The van der Waals surface area contributed by atoms with Crippen molar-refractivity contribution < 1.29 is 15.0 Å². The Morgan fingerprint density at radius 2 is 1.79 bits per heavy atom. The van der Waals surface area contributed by atoms with Gasteiger partial charge in [0.15, 0.2) is 0 Å². The van der Waals surface area contributed by atoms with Crippen LogP contribution >= 0.6 is 0 Å². The van der Waals surface area contributed by atoms with Gasteiger partial charge in [0.25, 0.3) is 0 Å². The van der Waals surface area contributed by atoms with E-state index in [1.165, 1.54) is 0 Å². The molecule has 0 aromatic rings. The van der Waals surface area contributed by atoms with E-state index in [-0.39, 0.29) is 6.42 Å². The second kappa shape index (κ2) is 5.98. The molecular weight excluding hydrogens is 182 g/mol. The molecule has 0 heterocycles. The Morgan fingerprint density at radius 3 is 2.07 bits per heavy atom. The van der Waals surface area contributed by atoms with Crippen molar-refractivity contribution in [3.63, 3.8) is 0 Å². The van der Waals surface area contributed by atoms with Crippen molar-refractivity contribution in [2.24, 2.45) is 5.73 Å². The van der Waals surface area contributed by atoms with Crippen molar-refractivity contribution in [1.82, 2.24) is 0 Å². The number of aliphatic hydroxyl groups is 1. The molecule has 0 spiro atoms. The summed E-state index contributed by atoms with van der Waals surface area (Å²) in [5, 5.41) is 18.7. The highest BCUT2D eigenvalue weighted by molar-refractivity contribution is 5.73. The standard InChI is InChI=1S/C10H21NO3/c1-3-5-10(14,6-4-2)7-8(11)9(12)13/h8,14H,3-7,11H2,1-2H3,(H,12,13). The SMILES string of the molecule is CCCC(O)(CCC)CC(N)C(=O)O. The van der Waals surface area contributed by atoms with E-state index in [2.05, 4.69) is 0 Å². The van der Waals surface area contributed by atoms with Crippen LogP contribution in [0.2, 0.25) is 0 Å². The van der Waals surface area contributed by atoms with E-state index in [1.807, 2.05) is 13.8 Å². The molecule has 0 aliphatic carbocycles. The highest BCUT2D eigenvalue weighted by Gasteiger charge is 2.29. The Labute approximate surface area is 85.1 Å². The van der Waals surface area contributed by atoms with Crippen molar-refractivity contribution >= 4 is 5.97 Å². The van der Waals surface area contributed by atoms with E-state index >= 15 is 0 Å². The third kappa shape index (κ3) is 4.58. The summed E-state index contributed by atoms with van der Waals surface area (Å²) < 4.78 is 0. The molecule has 1 atom stereocenters. The van der Waals surface area contributed by atoms with Crippen LogP contribution < -0.4 is 5.73 Å². The van der Waals surface area contributed by atoms with Gasteiger partial charge in [-0.25, -0.2) is 0 Å². The van der Waals surface area contributed by atoms with Crippen LogP contribution in [0.1, 0.15) is 46.0 Å². The maximum Gasteiger partial charge on any atom is 0.320 e. The van der Waals surface area contributed by atoms with Crippen LogP contribution in [0.3, 0.4) is 0 Å². The van der Waals surface area contributed by atoms with E-state index in [0.29, 0.717) is 12.8 Å². The Bertz CT molecular complexity index is 176. The molecule has 4 N–H and O–H groups in total. The van der Waals surface area contributed by atoms with Crippen molar-refractivity contribution in [2.45, 2.75) is 57.6 Å². The smallest absolute Gasteiger partial charge is 0.320 e. The number of carboxylic acid groups (broad SMARTS) is 1. The lowest BCUT2D eigenvalue weighted by molar-refractivity contribution is -0.140. The summed E-state index contributed by atoms with van der Waals surface area (Å²) in [7, 11) is 0.